The number of benzene rings is 1. The first kappa shape index (κ1) is 15.7. The average molecular weight is 305 g/mol. The number of nitrogens with one attached hydrogen (secondary N) is 1. The highest BCUT2D eigenvalue weighted by Crippen LogP contribution is 2.40. The number of amides is 1. The molecule has 0 aliphatic carbocycles. The summed E-state index contributed by atoms with van der Waals surface area (Å²) in [4.78, 5) is 11.8. The lowest BCUT2D eigenvalue weighted by Gasteiger charge is -2.11. The summed E-state index contributed by atoms with van der Waals surface area (Å²) in [6, 6.07) is 2.80. The molecule has 0 fully saturated rings. The Morgan fingerprint density at radius 2 is 2.05 bits per heavy atom. The van der Waals surface area contributed by atoms with Crippen molar-refractivity contribution in [2.45, 2.75) is 26.7 Å². The van der Waals surface area contributed by atoms with Crippen molar-refractivity contribution in [2.75, 3.05) is 12.3 Å². The molecule has 1 aromatic heterocycles. The van der Waals surface area contributed by atoms with E-state index in [2.05, 4.69) is 10.5 Å². The fourth-order valence-corrected chi connectivity index (χ4v) is 2.14. The lowest BCUT2D eigenvalue weighted by atomic mass is 9.97. The van der Waals surface area contributed by atoms with E-state index < -0.39 is 5.91 Å². The summed E-state index contributed by atoms with van der Waals surface area (Å²) >= 11 is 0. The summed E-state index contributed by atoms with van der Waals surface area (Å²) in [6.45, 7) is 6.01. The molecule has 118 valence electrons. The van der Waals surface area contributed by atoms with Crippen LogP contribution in [0.25, 0.3) is 11.3 Å². The van der Waals surface area contributed by atoms with Gasteiger partial charge in [-0.1, -0.05) is 19.0 Å². The maximum Gasteiger partial charge on any atom is 0.275 e. The molecule has 0 aliphatic rings. The first-order valence-electron chi connectivity index (χ1n) is 6.96. The summed E-state index contributed by atoms with van der Waals surface area (Å²) in [5.41, 5.74) is 6.83. The van der Waals surface area contributed by atoms with E-state index in [1.54, 1.807) is 13.0 Å². The van der Waals surface area contributed by atoms with E-state index in [9.17, 15) is 15.0 Å². The van der Waals surface area contributed by atoms with Crippen molar-refractivity contribution in [3.63, 3.8) is 0 Å². The molecule has 7 heteroatoms. The van der Waals surface area contributed by atoms with Gasteiger partial charge in [0.05, 0.1) is 5.56 Å². The van der Waals surface area contributed by atoms with Crippen LogP contribution < -0.4 is 11.1 Å². The molecule has 2 rings (SSSR count). The van der Waals surface area contributed by atoms with Crippen LogP contribution >= 0.6 is 0 Å². The van der Waals surface area contributed by atoms with E-state index in [-0.39, 0.29) is 40.1 Å². The maximum absolute atomic E-state index is 11.8. The molecule has 22 heavy (non-hydrogen) atoms. The Balaban J connectivity index is 2.53. The molecule has 0 aliphatic heterocycles. The topological polar surface area (TPSA) is 122 Å². The molecule has 0 saturated heterocycles. The Bertz CT molecular complexity index is 707. The van der Waals surface area contributed by atoms with Crippen LogP contribution in [0.1, 0.15) is 42.7 Å². The standard InChI is InChI=1S/C15H19N3O4/c1-4-17-15(21)13-12(16)14(22-18-13)9-5-8(7(2)3)10(19)6-11(9)20/h5-7,19-20H,4,16H2,1-3H3,(H,17,21). The molecular formula is C15H19N3O4. The highest BCUT2D eigenvalue weighted by Gasteiger charge is 2.23. The minimum absolute atomic E-state index is 0.0155. The average Bonchev–Trinajstić information content (AvgIpc) is 2.80. The zero-order valence-electron chi connectivity index (χ0n) is 12.7. The van der Waals surface area contributed by atoms with Crippen molar-refractivity contribution in [1.82, 2.24) is 10.5 Å². The van der Waals surface area contributed by atoms with Gasteiger partial charge in [-0.2, -0.15) is 0 Å². The van der Waals surface area contributed by atoms with Gasteiger partial charge in [-0.15, -0.1) is 0 Å². The molecule has 0 radical (unpaired) electrons. The first-order valence-corrected chi connectivity index (χ1v) is 6.96. The van der Waals surface area contributed by atoms with E-state index >= 15 is 0 Å². The molecule has 0 bridgehead atoms. The van der Waals surface area contributed by atoms with Crippen LogP contribution in [-0.2, 0) is 0 Å². The number of aromatic nitrogens is 1. The lowest BCUT2D eigenvalue weighted by Crippen LogP contribution is -2.23. The van der Waals surface area contributed by atoms with Crippen LogP contribution in [0.5, 0.6) is 11.5 Å². The number of aromatic hydroxyl groups is 2. The number of carbonyl (C=O) groups is 1. The molecule has 0 saturated carbocycles. The third-order valence-corrected chi connectivity index (χ3v) is 3.29. The first-order chi connectivity index (χ1) is 10.4. The summed E-state index contributed by atoms with van der Waals surface area (Å²) < 4.78 is 5.13. The predicted molar refractivity (Wildman–Crippen MR) is 81.8 cm³/mol. The summed E-state index contributed by atoms with van der Waals surface area (Å²) in [5.74, 6) is -0.533. The van der Waals surface area contributed by atoms with Gasteiger partial charge in [0.15, 0.2) is 11.5 Å². The summed E-state index contributed by atoms with van der Waals surface area (Å²) in [5, 5.41) is 26.1. The molecule has 2 aromatic rings. The van der Waals surface area contributed by atoms with Crippen LogP contribution in [0, 0.1) is 0 Å². The monoisotopic (exact) mass is 305 g/mol. The lowest BCUT2D eigenvalue weighted by molar-refractivity contribution is 0.0947. The molecule has 1 amide bonds. The van der Waals surface area contributed by atoms with Gasteiger partial charge in [0, 0.05) is 12.6 Å². The zero-order chi connectivity index (χ0) is 16.4. The van der Waals surface area contributed by atoms with Gasteiger partial charge in [-0.3, -0.25) is 4.79 Å². The number of phenols is 2. The minimum Gasteiger partial charge on any atom is -0.508 e. The molecule has 0 unspecified atom stereocenters. The van der Waals surface area contributed by atoms with Crippen molar-refractivity contribution in [3.8, 4) is 22.8 Å². The third kappa shape index (κ3) is 2.69. The fraction of sp³-hybridized carbons (Fsp3) is 0.333. The number of anilines is 1. The van der Waals surface area contributed by atoms with Gasteiger partial charge in [-0.25, -0.2) is 0 Å². The zero-order valence-corrected chi connectivity index (χ0v) is 12.7. The molecule has 0 atom stereocenters. The second-order valence-electron chi connectivity index (χ2n) is 5.22. The molecule has 7 nitrogen and oxygen atoms in total. The number of nitrogens with zero attached hydrogens (tertiary/aromatic N) is 1. The van der Waals surface area contributed by atoms with Crippen LogP contribution in [0.3, 0.4) is 0 Å². The van der Waals surface area contributed by atoms with E-state index in [4.69, 9.17) is 10.3 Å². The Labute approximate surface area is 127 Å². The molecule has 5 N–H and O–H groups in total. The normalized spacial score (nSPS) is 10.9. The van der Waals surface area contributed by atoms with Gasteiger partial charge in [-0.05, 0) is 24.5 Å². The number of hydrogen-bond acceptors (Lipinski definition) is 6. The van der Waals surface area contributed by atoms with Crippen molar-refractivity contribution >= 4 is 11.6 Å². The van der Waals surface area contributed by atoms with Crippen LogP contribution in [0.15, 0.2) is 16.7 Å². The third-order valence-electron chi connectivity index (χ3n) is 3.29. The van der Waals surface area contributed by atoms with Crippen molar-refractivity contribution in [2.24, 2.45) is 0 Å². The van der Waals surface area contributed by atoms with Crippen molar-refractivity contribution in [3.05, 3.63) is 23.4 Å². The molecule has 1 aromatic carbocycles. The quantitative estimate of drug-likeness (QED) is 0.687. The van der Waals surface area contributed by atoms with E-state index in [0.29, 0.717) is 12.1 Å². The fourth-order valence-electron chi connectivity index (χ4n) is 2.14. The number of rotatable bonds is 4. The molecule has 0 spiro atoms. The number of nitrogens with two attached hydrogens (primary N) is 1. The SMILES string of the molecule is CCNC(=O)c1noc(-c2cc(C(C)C)c(O)cc2O)c1N. The Hall–Kier alpha value is -2.70. The highest BCUT2D eigenvalue weighted by atomic mass is 16.5. The Morgan fingerprint density at radius 3 is 2.64 bits per heavy atom. The summed E-state index contributed by atoms with van der Waals surface area (Å²) in [6.07, 6.45) is 0. The minimum atomic E-state index is -0.447. The van der Waals surface area contributed by atoms with E-state index in [0.717, 1.165) is 0 Å². The number of nitrogen functional groups attached to an aromatic ring is 1. The van der Waals surface area contributed by atoms with Gasteiger partial charge < -0.3 is 25.8 Å². The van der Waals surface area contributed by atoms with Crippen LogP contribution in [0.4, 0.5) is 5.69 Å². The second-order valence-corrected chi connectivity index (χ2v) is 5.22. The van der Waals surface area contributed by atoms with Gasteiger partial charge in [0.2, 0.25) is 0 Å². The van der Waals surface area contributed by atoms with Crippen molar-refractivity contribution in [1.29, 1.82) is 0 Å². The second kappa shape index (κ2) is 5.97. The molecular weight excluding hydrogens is 286 g/mol. The number of phenolic OH excluding ortho intramolecular Hbond substituents is 2. The van der Waals surface area contributed by atoms with Gasteiger partial charge >= 0.3 is 0 Å². The smallest absolute Gasteiger partial charge is 0.275 e. The predicted octanol–water partition coefficient (Wildman–Crippen LogP) is 2.21. The van der Waals surface area contributed by atoms with Gasteiger partial charge in [0.25, 0.3) is 5.91 Å². The Kier molecular flexibility index (Phi) is 4.25. The van der Waals surface area contributed by atoms with E-state index in [1.807, 2.05) is 13.8 Å². The van der Waals surface area contributed by atoms with Gasteiger partial charge in [0.1, 0.15) is 17.2 Å². The largest absolute Gasteiger partial charge is 0.508 e. The number of carbonyl (C=O) groups excluding carboxylic acids is 1. The highest BCUT2D eigenvalue weighted by molar-refractivity contribution is 6.00. The van der Waals surface area contributed by atoms with Crippen LogP contribution in [0.2, 0.25) is 0 Å². The maximum atomic E-state index is 11.8. The number of hydrogen-bond donors (Lipinski definition) is 4. The Morgan fingerprint density at radius 1 is 1.36 bits per heavy atom. The van der Waals surface area contributed by atoms with Crippen molar-refractivity contribution < 1.29 is 19.5 Å². The van der Waals surface area contributed by atoms with Crippen LogP contribution in [-0.4, -0.2) is 27.8 Å². The van der Waals surface area contributed by atoms with E-state index in [1.165, 1.54) is 6.07 Å². The molecule has 1 heterocycles. The summed E-state index contributed by atoms with van der Waals surface area (Å²) in [7, 11) is 0.